The molecule has 0 aliphatic rings. The van der Waals surface area contributed by atoms with Crippen molar-refractivity contribution in [2.24, 2.45) is 17.3 Å². The number of hydrogen-bond acceptors (Lipinski definition) is 0. The van der Waals surface area contributed by atoms with E-state index >= 15 is 0 Å². The smallest absolute Gasteiger partial charge is 0.0981 e. The van der Waals surface area contributed by atoms with E-state index in [1.165, 1.54) is 0 Å². The SMILES string of the molecule is CCC(C)(C)C#CC(C)C(C)C#[N+]C. The Morgan fingerprint density at radius 3 is 2.21 bits per heavy atom. The van der Waals surface area contributed by atoms with E-state index in [2.05, 4.69) is 57.4 Å². The molecule has 0 saturated carbocycles. The third kappa shape index (κ3) is 4.93. The van der Waals surface area contributed by atoms with Crippen molar-refractivity contribution in [1.29, 1.82) is 0 Å². The number of nitrogens with zero attached hydrogens (tertiary/aromatic N) is 1. The van der Waals surface area contributed by atoms with Crippen LogP contribution in [0.5, 0.6) is 0 Å². The highest BCUT2D eigenvalue weighted by Gasteiger charge is 2.14. The Labute approximate surface area is 88.7 Å². The predicted molar refractivity (Wildman–Crippen MR) is 63.3 cm³/mol. The molecule has 0 heterocycles. The van der Waals surface area contributed by atoms with E-state index in [1.807, 2.05) is 0 Å². The molecule has 0 fully saturated rings. The van der Waals surface area contributed by atoms with Crippen molar-refractivity contribution >= 4 is 0 Å². The molecule has 0 spiro atoms. The lowest BCUT2D eigenvalue weighted by Crippen LogP contribution is -2.08. The largest absolute Gasteiger partial charge is 0.276 e. The molecule has 0 aliphatic carbocycles. The van der Waals surface area contributed by atoms with Crippen LogP contribution in [0.1, 0.15) is 41.0 Å². The summed E-state index contributed by atoms with van der Waals surface area (Å²) in [5.74, 6) is 7.26. The van der Waals surface area contributed by atoms with Gasteiger partial charge < -0.3 is 0 Å². The van der Waals surface area contributed by atoms with Crippen LogP contribution in [-0.2, 0) is 0 Å². The minimum Gasteiger partial charge on any atom is -0.0981 e. The highest BCUT2D eigenvalue weighted by atomic mass is 14.6. The van der Waals surface area contributed by atoms with E-state index < -0.39 is 0 Å². The zero-order valence-electron chi connectivity index (χ0n) is 10.3. The van der Waals surface area contributed by atoms with Gasteiger partial charge in [0, 0.05) is 11.3 Å². The molecule has 0 rings (SSSR count). The van der Waals surface area contributed by atoms with Gasteiger partial charge in [-0.25, -0.2) is 0 Å². The summed E-state index contributed by atoms with van der Waals surface area (Å²) in [6, 6.07) is 3.02. The van der Waals surface area contributed by atoms with Crippen LogP contribution in [0.3, 0.4) is 0 Å². The number of rotatable bonds is 2. The van der Waals surface area contributed by atoms with E-state index in [9.17, 15) is 0 Å². The minimum atomic E-state index is 0.136. The predicted octanol–water partition coefficient (Wildman–Crippen LogP) is 3.66. The molecule has 0 aromatic rings. The van der Waals surface area contributed by atoms with Crippen LogP contribution in [0.15, 0.2) is 0 Å². The Morgan fingerprint density at radius 1 is 1.21 bits per heavy atom. The van der Waals surface area contributed by atoms with Gasteiger partial charge >= 0.3 is 0 Å². The Bertz CT molecular complexity index is 280. The summed E-state index contributed by atoms with van der Waals surface area (Å²) in [7, 11) is 1.76. The normalized spacial score (nSPS) is 14.4. The fourth-order valence-electron chi connectivity index (χ4n) is 0.838. The summed E-state index contributed by atoms with van der Waals surface area (Å²) in [5.41, 5.74) is 0.136. The Balaban J connectivity index is 4.41. The van der Waals surface area contributed by atoms with Crippen LogP contribution in [-0.4, -0.2) is 7.05 Å². The molecule has 0 aromatic heterocycles. The van der Waals surface area contributed by atoms with Crippen LogP contribution >= 0.6 is 0 Å². The van der Waals surface area contributed by atoms with Crippen molar-refractivity contribution in [3.05, 3.63) is 4.85 Å². The average molecular weight is 192 g/mol. The molecule has 0 bridgehead atoms. The average Bonchev–Trinajstić information content (AvgIpc) is 2.15. The van der Waals surface area contributed by atoms with Crippen molar-refractivity contribution in [2.75, 3.05) is 7.05 Å². The maximum Gasteiger partial charge on any atom is 0.276 e. The Morgan fingerprint density at radius 2 is 1.79 bits per heavy atom. The maximum absolute atomic E-state index is 3.90. The molecule has 0 aliphatic heterocycles. The topological polar surface area (TPSA) is 4.36 Å². The molecule has 0 amide bonds. The van der Waals surface area contributed by atoms with Gasteiger partial charge in [0.1, 0.15) is 5.92 Å². The molecule has 2 unspecified atom stereocenters. The second-order valence-electron chi connectivity index (χ2n) is 4.44. The molecule has 2 atom stereocenters. The first-order valence-electron chi connectivity index (χ1n) is 5.30. The quantitative estimate of drug-likeness (QED) is 0.588. The van der Waals surface area contributed by atoms with Gasteiger partial charge in [-0.05, 0) is 34.1 Å². The Kier molecular flexibility index (Phi) is 5.32. The molecule has 0 N–H and O–H groups in total. The lowest BCUT2D eigenvalue weighted by atomic mass is 9.89. The molecule has 1 nitrogen and oxygen atoms in total. The molecule has 0 aromatic carbocycles. The summed E-state index contributed by atoms with van der Waals surface area (Å²) in [6.45, 7) is 10.7. The standard InChI is InChI=1S/C13H22N/c1-7-13(4,5)9-8-11(2)12(3)10-14-6/h11-12H,7H2,1-6H3/q+1. The van der Waals surface area contributed by atoms with Crippen molar-refractivity contribution in [2.45, 2.75) is 41.0 Å². The molecule has 1 heteroatoms. The van der Waals surface area contributed by atoms with Crippen LogP contribution in [0.4, 0.5) is 0 Å². The van der Waals surface area contributed by atoms with Gasteiger partial charge in [-0.3, -0.25) is 0 Å². The van der Waals surface area contributed by atoms with Gasteiger partial charge in [-0.2, -0.15) is 0 Å². The van der Waals surface area contributed by atoms with Gasteiger partial charge in [0.25, 0.3) is 13.1 Å². The Hall–Kier alpha value is -0.950. The lowest BCUT2D eigenvalue weighted by Gasteiger charge is -2.14. The minimum absolute atomic E-state index is 0.136. The fourth-order valence-corrected chi connectivity index (χ4v) is 0.838. The van der Waals surface area contributed by atoms with Gasteiger partial charge in [-0.15, -0.1) is 0 Å². The molecule has 0 radical (unpaired) electrons. The van der Waals surface area contributed by atoms with Crippen LogP contribution in [0.25, 0.3) is 4.85 Å². The highest BCUT2D eigenvalue weighted by Crippen LogP contribution is 2.18. The molecule has 0 saturated heterocycles. The van der Waals surface area contributed by atoms with Gasteiger partial charge in [0.2, 0.25) is 0 Å². The van der Waals surface area contributed by atoms with Crippen molar-refractivity contribution < 1.29 is 0 Å². The second kappa shape index (κ2) is 5.71. The zero-order chi connectivity index (χ0) is 11.2. The van der Waals surface area contributed by atoms with Gasteiger partial charge in [-0.1, -0.05) is 23.6 Å². The van der Waals surface area contributed by atoms with E-state index in [0.29, 0.717) is 11.8 Å². The molecule has 78 valence electrons. The monoisotopic (exact) mass is 192 g/mol. The van der Waals surface area contributed by atoms with Crippen molar-refractivity contribution in [3.63, 3.8) is 0 Å². The molecular weight excluding hydrogens is 170 g/mol. The number of hydrogen-bond donors (Lipinski definition) is 0. The summed E-state index contributed by atoms with van der Waals surface area (Å²) < 4.78 is 0. The zero-order valence-corrected chi connectivity index (χ0v) is 10.3. The van der Waals surface area contributed by atoms with Crippen LogP contribution in [0, 0.1) is 35.2 Å². The van der Waals surface area contributed by atoms with Crippen molar-refractivity contribution in [3.8, 4) is 17.9 Å². The first kappa shape index (κ1) is 13.1. The van der Waals surface area contributed by atoms with E-state index in [4.69, 9.17) is 0 Å². The summed E-state index contributed by atoms with van der Waals surface area (Å²) in [6.07, 6.45) is 1.09. The maximum atomic E-state index is 3.90. The third-order valence-corrected chi connectivity index (χ3v) is 2.60. The van der Waals surface area contributed by atoms with E-state index in [-0.39, 0.29) is 5.41 Å². The first-order valence-corrected chi connectivity index (χ1v) is 5.30. The summed E-state index contributed by atoms with van der Waals surface area (Å²) >= 11 is 0. The van der Waals surface area contributed by atoms with Crippen molar-refractivity contribution in [1.82, 2.24) is 0 Å². The van der Waals surface area contributed by atoms with Gasteiger partial charge in [0.05, 0.1) is 0 Å². The molecular formula is C13H22N+. The van der Waals surface area contributed by atoms with E-state index in [1.54, 1.807) is 7.05 Å². The summed E-state index contributed by atoms with van der Waals surface area (Å²) in [5, 5.41) is 0. The van der Waals surface area contributed by atoms with Crippen LogP contribution < -0.4 is 0 Å². The lowest BCUT2D eigenvalue weighted by molar-refractivity contribution is 0.481. The summed E-state index contributed by atoms with van der Waals surface area (Å²) in [4.78, 5) is 3.90. The fraction of sp³-hybridized carbons (Fsp3) is 0.769. The van der Waals surface area contributed by atoms with Gasteiger partial charge in [0.15, 0.2) is 0 Å². The second-order valence-corrected chi connectivity index (χ2v) is 4.44. The molecule has 14 heavy (non-hydrogen) atoms. The first-order chi connectivity index (χ1) is 6.43. The third-order valence-electron chi connectivity index (χ3n) is 2.60. The van der Waals surface area contributed by atoms with Crippen LogP contribution in [0.2, 0.25) is 0 Å². The highest BCUT2D eigenvalue weighted by molar-refractivity contribution is 5.13. The van der Waals surface area contributed by atoms with E-state index in [0.717, 1.165) is 6.42 Å².